The van der Waals surface area contributed by atoms with Gasteiger partial charge in [-0.2, -0.15) is 0 Å². The smallest absolute Gasteiger partial charge is 0.323 e. The molecular formula is C17H19N3O4. The van der Waals surface area contributed by atoms with Gasteiger partial charge in [-0.3, -0.25) is 4.79 Å². The monoisotopic (exact) mass is 329 g/mol. The van der Waals surface area contributed by atoms with Crippen LogP contribution in [0.2, 0.25) is 0 Å². The molecule has 0 aliphatic rings. The van der Waals surface area contributed by atoms with E-state index in [1.54, 1.807) is 49.6 Å². The number of nitrogens with two attached hydrogens (primary N) is 1. The van der Waals surface area contributed by atoms with E-state index in [1.165, 1.54) is 6.07 Å². The van der Waals surface area contributed by atoms with Crippen molar-refractivity contribution >= 4 is 23.3 Å². The Morgan fingerprint density at radius 2 is 1.71 bits per heavy atom. The van der Waals surface area contributed by atoms with Gasteiger partial charge in [0.1, 0.15) is 12.4 Å². The molecule has 0 spiro atoms. The van der Waals surface area contributed by atoms with Crippen molar-refractivity contribution in [3.8, 4) is 5.75 Å². The molecule has 7 nitrogen and oxygen atoms in total. The lowest BCUT2D eigenvalue weighted by molar-refractivity contribution is 0.100. The predicted octanol–water partition coefficient (Wildman–Crippen LogP) is 2.45. The van der Waals surface area contributed by atoms with Gasteiger partial charge in [0, 0.05) is 24.0 Å². The van der Waals surface area contributed by atoms with Crippen LogP contribution in [-0.2, 0) is 4.74 Å². The topological polar surface area (TPSA) is 103 Å². The zero-order valence-corrected chi connectivity index (χ0v) is 13.2. The van der Waals surface area contributed by atoms with Crippen LogP contribution in [0.15, 0.2) is 48.5 Å². The number of urea groups is 1. The zero-order valence-electron chi connectivity index (χ0n) is 13.2. The Labute approximate surface area is 139 Å². The van der Waals surface area contributed by atoms with Crippen LogP contribution in [0.3, 0.4) is 0 Å². The summed E-state index contributed by atoms with van der Waals surface area (Å²) in [4.78, 5) is 23.1. The summed E-state index contributed by atoms with van der Waals surface area (Å²) < 4.78 is 10.3. The third-order valence-electron chi connectivity index (χ3n) is 3.07. The first-order chi connectivity index (χ1) is 11.6. The van der Waals surface area contributed by atoms with Crippen molar-refractivity contribution in [1.29, 1.82) is 0 Å². The summed E-state index contributed by atoms with van der Waals surface area (Å²) in [6, 6.07) is 12.9. The number of carbonyl (C=O) groups is 2. The summed E-state index contributed by atoms with van der Waals surface area (Å²) in [6.07, 6.45) is 0. The van der Waals surface area contributed by atoms with Crippen molar-refractivity contribution in [3.05, 3.63) is 54.1 Å². The van der Waals surface area contributed by atoms with Crippen LogP contribution in [0.1, 0.15) is 10.4 Å². The van der Waals surface area contributed by atoms with Gasteiger partial charge in [-0.25, -0.2) is 4.79 Å². The highest BCUT2D eigenvalue weighted by molar-refractivity contribution is 6.01. The van der Waals surface area contributed by atoms with Gasteiger partial charge in [0.2, 0.25) is 5.91 Å². The van der Waals surface area contributed by atoms with E-state index in [-0.39, 0.29) is 0 Å². The van der Waals surface area contributed by atoms with Crippen LogP contribution in [-0.4, -0.2) is 32.3 Å². The number of rotatable bonds is 7. The van der Waals surface area contributed by atoms with Gasteiger partial charge in [-0.15, -0.1) is 0 Å². The first-order valence-corrected chi connectivity index (χ1v) is 7.28. The maximum atomic E-state index is 12.0. The average molecular weight is 329 g/mol. The van der Waals surface area contributed by atoms with Gasteiger partial charge in [-0.1, -0.05) is 6.07 Å². The minimum Gasteiger partial charge on any atom is -0.491 e. The second kappa shape index (κ2) is 8.54. The largest absolute Gasteiger partial charge is 0.491 e. The van der Waals surface area contributed by atoms with Crippen LogP contribution < -0.4 is 21.1 Å². The summed E-state index contributed by atoms with van der Waals surface area (Å²) in [6.45, 7) is 0.965. The Hall–Kier alpha value is -3.06. The molecule has 0 saturated heterocycles. The van der Waals surface area contributed by atoms with Gasteiger partial charge in [0.05, 0.1) is 6.61 Å². The van der Waals surface area contributed by atoms with Crippen molar-refractivity contribution in [2.75, 3.05) is 31.0 Å². The predicted molar refractivity (Wildman–Crippen MR) is 91.4 cm³/mol. The molecule has 0 aliphatic carbocycles. The van der Waals surface area contributed by atoms with E-state index in [4.69, 9.17) is 15.2 Å². The molecule has 0 atom stereocenters. The Balaban J connectivity index is 1.90. The van der Waals surface area contributed by atoms with Crippen molar-refractivity contribution in [2.45, 2.75) is 0 Å². The second-order valence-corrected chi connectivity index (χ2v) is 4.89. The normalized spacial score (nSPS) is 10.0. The average Bonchev–Trinajstić information content (AvgIpc) is 2.57. The van der Waals surface area contributed by atoms with Crippen molar-refractivity contribution in [1.82, 2.24) is 0 Å². The molecule has 3 amide bonds. The lowest BCUT2D eigenvalue weighted by Gasteiger charge is -2.09. The van der Waals surface area contributed by atoms with E-state index in [0.29, 0.717) is 35.9 Å². The van der Waals surface area contributed by atoms with Gasteiger partial charge in [0.15, 0.2) is 0 Å². The number of hydrogen-bond donors (Lipinski definition) is 3. The molecule has 0 bridgehead atoms. The molecule has 0 radical (unpaired) electrons. The Kier molecular flexibility index (Phi) is 6.16. The summed E-state index contributed by atoms with van der Waals surface area (Å²) in [5, 5.41) is 5.32. The van der Waals surface area contributed by atoms with E-state index in [1.807, 2.05) is 0 Å². The summed E-state index contributed by atoms with van der Waals surface area (Å²) in [5.41, 5.74) is 6.62. The number of methoxy groups -OCH3 is 1. The number of primary amides is 1. The molecular weight excluding hydrogens is 310 g/mol. The summed E-state index contributed by atoms with van der Waals surface area (Å²) in [7, 11) is 1.61. The Bertz CT molecular complexity index is 701. The zero-order chi connectivity index (χ0) is 17.4. The Morgan fingerprint density at radius 3 is 2.38 bits per heavy atom. The summed E-state index contributed by atoms with van der Waals surface area (Å²) in [5.74, 6) is 0.135. The van der Waals surface area contributed by atoms with Crippen LogP contribution in [0.4, 0.5) is 16.2 Å². The molecule has 0 fully saturated rings. The number of benzene rings is 2. The second-order valence-electron chi connectivity index (χ2n) is 4.89. The molecule has 2 aromatic rings. The van der Waals surface area contributed by atoms with Crippen molar-refractivity contribution in [2.24, 2.45) is 5.73 Å². The molecule has 7 heteroatoms. The van der Waals surface area contributed by atoms with Crippen LogP contribution in [0.5, 0.6) is 5.75 Å². The van der Waals surface area contributed by atoms with E-state index in [9.17, 15) is 9.59 Å². The van der Waals surface area contributed by atoms with Crippen LogP contribution in [0.25, 0.3) is 0 Å². The van der Waals surface area contributed by atoms with Gasteiger partial charge in [-0.05, 0) is 42.5 Å². The van der Waals surface area contributed by atoms with Crippen LogP contribution >= 0.6 is 0 Å². The number of nitrogens with one attached hydrogen (secondary N) is 2. The van der Waals surface area contributed by atoms with Gasteiger partial charge >= 0.3 is 6.03 Å². The summed E-state index contributed by atoms with van der Waals surface area (Å²) >= 11 is 0. The van der Waals surface area contributed by atoms with Gasteiger partial charge < -0.3 is 25.8 Å². The lowest BCUT2D eigenvalue weighted by atomic mass is 10.2. The van der Waals surface area contributed by atoms with E-state index in [0.717, 1.165) is 0 Å². The molecule has 4 N–H and O–H groups in total. The molecule has 126 valence electrons. The number of carbonyl (C=O) groups excluding carboxylic acids is 2. The first-order valence-electron chi connectivity index (χ1n) is 7.28. The first kappa shape index (κ1) is 17.3. The highest BCUT2D eigenvalue weighted by atomic mass is 16.5. The number of hydrogen-bond acceptors (Lipinski definition) is 4. The molecule has 2 rings (SSSR count). The highest BCUT2D eigenvalue weighted by Crippen LogP contribution is 2.16. The lowest BCUT2D eigenvalue weighted by Crippen LogP contribution is -2.20. The fourth-order valence-electron chi connectivity index (χ4n) is 1.92. The molecule has 0 unspecified atom stereocenters. The fourth-order valence-corrected chi connectivity index (χ4v) is 1.92. The fraction of sp³-hybridized carbons (Fsp3) is 0.176. The van der Waals surface area contributed by atoms with E-state index in [2.05, 4.69) is 10.6 Å². The highest BCUT2D eigenvalue weighted by Gasteiger charge is 2.05. The van der Waals surface area contributed by atoms with E-state index < -0.39 is 11.9 Å². The number of amides is 3. The minimum absolute atomic E-state index is 0.324. The molecule has 2 aromatic carbocycles. The molecule has 0 saturated carbocycles. The van der Waals surface area contributed by atoms with Crippen molar-refractivity contribution in [3.63, 3.8) is 0 Å². The maximum Gasteiger partial charge on any atom is 0.323 e. The standard InChI is InChI=1S/C17H19N3O4/c1-23-9-10-24-15-7-5-13(6-8-15)19-17(22)20-14-4-2-3-12(11-14)16(18)21/h2-8,11H,9-10H2,1H3,(H2,18,21)(H2,19,20,22). The quantitative estimate of drug-likeness (QED) is 0.679. The SMILES string of the molecule is COCCOc1ccc(NC(=O)Nc2cccc(C(N)=O)c2)cc1. The van der Waals surface area contributed by atoms with Gasteiger partial charge in [0.25, 0.3) is 0 Å². The number of ether oxygens (including phenoxy) is 2. The van der Waals surface area contributed by atoms with E-state index >= 15 is 0 Å². The minimum atomic E-state index is -0.553. The molecule has 0 heterocycles. The third kappa shape index (κ3) is 5.29. The van der Waals surface area contributed by atoms with Crippen molar-refractivity contribution < 1.29 is 19.1 Å². The molecule has 0 aromatic heterocycles. The third-order valence-corrected chi connectivity index (χ3v) is 3.07. The molecule has 24 heavy (non-hydrogen) atoms. The maximum absolute atomic E-state index is 12.0. The molecule has 0 aliphatic heterocycles. The van der Waals surface area contributed by atoms with Crippen LogP contribution in [0, 0.1) is 0 Å². The Morgan fingerprint density at radius 1 is 1.00 bits per heavy atom. The number of anilines is 2.